The van der Waals surface area contributed by atoms with E-state index in [0.29, 0.717) is 6.42 Å². The number of carbonyl (C=O) groups is 1. The summed E-state index contributed by atoms with van der Waals surface area (Å²) in [5, 5.41) is 18.2. The molecule has 2 atom stereocenters. The van der Waals surface area contributed by atoms with E-state index in [1.165, 1.54) is 0 Å². The molecule has 6 nitrogen and oxygen atoms in total. The topological polar surface area (TPSA) is 94.9 Å². The average molecular weight is 251 g/mol. The molecule has 1 rings (SSSR count). The van der Waals surface area contributed by atoms with Gasteiger partial charge in [-0.2, -0.15) is 4.31 Å². The summed E-state index contributed by atoms with van der Waals surface area (Å²) in [6.45, 7) is 1.76. The Bertz CT molecular complexity index is 353. The number of carboxylic acids is 1. The monoisotopic (exact) mass is 251 g/mol. The van der Waals surface area contributed by atoms with Gasteiger partial charge in [0, 0.05) is 13.0 Å². The number of carboxylic acid groups (broad SMARTS) is 1. The summed E-state index contributed by atoms with van der Waals surface area (Å²) in [7, 11) is -3.56. The maximum absolute atomic E-state index is 11.8. The molecule has 1 heterocycles. The third kappa shape index (κ3) is 2.93. The van der Waals surface area contributed by atoms with Gasteiger partial charge in [-0.25, -0.2) is 8.42 Å². The van der Waals surface area contributed by atoms with Crippen molar-refractivity contribution in [3.63, 3.8) is 0 Å². The molecule has 0 aromatic rings. The largest absolute Gasteiger partial charge is 0.480 e. The Kier molecular flexibility index (Phi) is 4.28. The quantitative estimate of drug-likeness (QED) is 0.695. The lowest BCUT2D eigenvalue weighted by molar-refractivity contribution is -0.140. The van der Waals surface area contributed by atoms with Crippen LogP contribution in [-0.4, -0.2) is 53.3 Å². The first-order valence-electron chi connectivity index (χ1n) is 5.29. The molecule has 1 saturated heterocycles. The lowest BCUT2D eigenvalue weighted by atomic mass is 10.2. The molecule has 0 aliphatic carbocycles. The Morgan fingerprint density at radius 2 is 2.12 bits per heavy atom. The molecule has 7 heteroatoms. The standard InChI is InChI=1S/C9H17NO5S/c1-2-3-4-16(14,15)10-6-7(11)5-8(10)9(12)13/h7-8,11H,2-6H2,1H3,(H,12,13)/t7-,8-/m0/s1. The van der Waals surface area contributed by atoms with Gasteiger partial charge in [-0.05, 0) is 6.42 Å². The molecule has 0 saturated carbocycles. The molecule has 0 aromatic heterocycles. The fraction of sp³-hybridized carbons (Fsp3) is 0.889. The summed E-state index contributed by atoms with van der Waals surface area (Å²) >= 11 is 0. The minimum absolute atomic E-state index is 0.0271. The molecule has 1 aliphatic heterocycles. The summed E-state index contributed by atoms with van der Waals surface area (Å²) in [5.74, 6) is -1.25. The third-order valence-corrected chi connectivity index (χ3v) is 4.55. The van der Waals surface area contributed by atoms with E-state index in [1.54, 1.807) is 0 Å². The number of hydrogen-bond acceptors (Lipinski definition) is 4. The maximum Gasteiger partial charge on any atom is 0.322 e. The summed E-state index contributed by atoms with van der Waals surface area (Å²) < 4.78 is 24.5. The Labute approximate surface area is 94.9 Å². The van der Waals surface area contributed by atoms with Crippen molar-refractivity contribution in [3.05, 3.63) is 0 Å². The molecule has 2 N–H and O–H groups in total. The van der Waals surface area contributed by atoms with E-state index in [4.69, 9.17) is 5.11 Å². The van der Waals surface area contributed by atoms with Crippen LogP contribution in [0.1, 0.15) is 26.2 Å². The van der Waals surface area contributed by atoms with E-state index >= 15 is 0 Å². The van der Waals surface area contributed by atoms with Crippen molar-refractivity contribution in [2.75, 3.05) is 12.3 Å². The SMILES string of the molecule is CCCCS(=O)(=O)N1C[C@@H](O)C[C@H]1C(=O)O. The lowest BCUT2D eigenvalue weighted by Crippen LogP contribution is -2.41. The first kappa shape index (κ1) is 13.4. The zero-order valence-corrected chi connectivity index (χ0v) is 9.98. The molecular formula is C9H17NO5S. The lowest BCUT2D eigenvalue weighted by Gasteiger charge is -2.20. The second-order valence-electron chi connectivity index (χ2n) is 3.98. The number of aliphatic carboxylic acids is 1. The van der Waals surface area contributed by atoms with E-state index in [9.17, 15) is 18.3 Å². The zero-order chi connectivity index (χ0) is 12.3. The maximum atomic E-state index is 11.8. The van der Waals surface area contributed by atoms with E-state index in [0.717, 1.165) is 10.7 Å². The number of β-amino-alcohol motifs (C(OH)–C–C–N with tert-alkyl or cyclic N) is 1. The third-order valence-electron chi connectivity index (χ3n) is 2.63. The number of sulfonamides is 1. The fourth-order valence-electron chi connectivity index (χ4n) is 1.76. The van der Waals surface area contributed by atoms with Gasteiger partial charge in [0.25, 0.3) is 0 Å². The number of rotatable bonds is 5. The highest BCUT2D eigenvalue weighted by Gasteiger charge is 2.42. The average Bonchev–Trinajstić information content (AvgIpc) is 2.58. The molecule has 0 radical (unpaired) electrons. The van der Waals surface area contributed by atoms with Crippen molar-refractivity contribution < 1.29 is 23.4 Å². The number of hydrogen-bond donors (Lipinski definition) is 2. The fourth-order valence-corrected chi connectivity index (χ4v) is 3.61. The first-order chi connectivity index (χ1) is 7.38. The summed E-state index contributed by atoms with van der Waals surface area (Å²) in [6.07, 6.45) is 0.326. The number of aliphatic hydroxyl groups is 1. The first-order valence-corrected chi connectivity index (χ1v) is 6.89. The number of unbranched alkanes of at least 4 members (excludes halogenated alkanes) is 1. The summed E-state index contributed by atoms with van der Waals surface area (Å²) in [6, 6.07) is -1.11. The van der Waals surface area contributed by atoms with Crippen LogP contribution in [0.3, 0.4) is 0 Å². The summed E-state index contributed by atoms with van der Waals surface area (Å²) in [4.78, 5) is 10.9. The smallest absolute Gasteiger partial charge is 0.322 e. The molecule has 0 amide bonds. The molecule has 1 fully saturated rings. The Morgan fingerprint density at radius 3 is 2.62 bits per heavy atom. The summed E-state index contributed by atoms with van der Waals surface area (Å²) in [5.41, 5.74) is 0. The predicted molar refractivity (Wildman–Crippen MR) is 57.4 cm³/mol. The minimum atomic E-state index is -3.56. The Hall–Kier alpha value is -0.660. The second kappa shape index (κ2) is 5.11. The van der Waals surface area contributed by atoms with Crippen LogP contribution in [0.15, 0.2) is 0 Å². The van der Waals surface area contributed by atoms with Gasteiger partial charge in [-0.1, -0.05) is 13.3 Å². The van der Waals surface area contributed by atoms with E-state index in [1.807, 2.05) is 6.92 Å². The molecule has 0 spiro atoms. The van der Waals surface area contributed by atoms with Gasteiger partial charge in [0.05, 0.1) is 11.9 Å². The van der Waals surface area contributed by atoms with Crippen molar-refractivity contribution in [2.24, 2.45) is 0 Å². The van der Waals surface area contributed by atoms with Gasteiger partial charge in [0.15, 0.2) is 0 Å². The van der Waals surface area contributed by atoms with Crippen LogP contribution in [0, 0.1) is 0 Å². The van der Waals surface area contributed by atoms with Crippen LogP contribution in [0.2, 0.25) is 0 Å². The van der Waals surface area contributed by atoms with Crippen LogP contribution in [0.4, 0.5) is 0 Å². The van der Waals surface area contributed by atoms with Gasteiger partial charge >= 0.3 is 5.97 Å². The van der Waals surface area contributed by atoms with E-state index in [2.05, 4.69) is 0 Å². The highest BCUT2D eigenvalue weighted by Crippen LogP contribution is 2.22. The van der Waals surface area contributed by atoms with Gasteiger partial charge in [0.2, 0.25) is 10.0 Å². The highest BCUT2D eigenvalue weighted by molar-refractivity contribution is 7.89. The molecule has 1 aliphatic rings. The van der Waals surface area contributed by atoms with Crippen LogP contribution in [0.5, 0.6) is 0 Å². The molecule has 0 bridgehead atoms. The van der Waals surface area contributed by atoms with Crippen molar-refractivity contribution >= 4 is 16.0 Å². The van der Waals surface area contributed by atoms with Crippen molar-refractivity contribution in [1.82, 2.24) is 4.31 Å². The van der Waals surface area contributed by atoms with Crippen molar-refractivity contribution in [2.45, 2.75) is 38.3 Å². The Balaban J connectivity index is 2.81. The van der Waals surface area contributed by atoms with Gasteiger partial charge in [0.1, 0.15) is 6.04 Å². The molecule has 0 aromatic carbocycles. The molecule has 94 valence electrons. The van der Waals surface area contributed by atoms with Gasteiger partial charge in [-0.15, -0.1) is 0 Å². The van der Waals surface area contributed by atoms with E-state index < -0.39 is 28.1 Å². The Morgan fingerprint density at radius 1 is 1.50 bits per heavy atom. The van der Waals surface area contributed by atoms with Gasteiger partial charge in [-0.3, -0.25) is 4.79 Å². The second-order valence-corrected chi connectivity index (χ2v) is 6.02. The molecule has 16 heavy (non-hydrogen) atoms. The zero-order valence-electron chi connectivity index (χ0n) is 9.16. The molecular weight excluding hydrogens is 234 g/mol. The van der Waals surface area contributed by atoms with E-state index in [-0.39, 0.29) is 18.7 Å². The van der Waals surface area contributed by atoms with Crippen LogP contribution < -0.4 is 0 Å². The van der Waals surface area contributed by atoms with Crippen LogP contribution >= 0.6 is 0 Å². The molecule has 0 unspecified atom stereocenters. The van der Waals surface area contributed by atoms with Crippen LogP contribution in [-0.2, 0) is 14.8 Å². The number of aliphatic hydroxyl groups excluding tert-OH is 1. The number of nitrogens with zero attached hydrogens (tertiary/aromatic N) is 1. The van der Waals surface area contributed by atoms with Crippen molar-refractivity contribution in [1.29, 1.82) is 0 Å². The van der Waals surface area contributed by atoms with Crippen molar-refractivity contribution in [3.8, 4) is 0 Å². The normalized spacial score (nSPS) is 27.1. The van der Waals surface area contributed by atoms with Crippen LogP contribution in [0.25, 0.3) is 0 Å². The predicted octanol–water partition coefficient (Wildman–Crippen LogP) is -0.364. The van der Waals surface area contributed by atoms with Gasteiger partial charge < -0.3 is 10.2 Å². The minimum Gasteiger partial charge on any atom is -0.480 e. The highest BCUT2D eigenvalue weighted by atomic mass is 32.2.